The molecule has 0 heteroatoms. The lowest BCUT2D eigenvalue weighted by Crippen LogP contribution is -2.17. The van der Waals surface area contributed by atoms with E-state index in [0.29, 0.717) is 5.92 Å². The molecular weight excluding hydrogens is 288 g/mol. The van der Waals surface area contributed by atoms with E-state index in [1.165, 1.54) is 59.1 Å². The van der Waals surface area contributed by atoms with Crippen molar-refractivity contribution in [3.63, 3.8) is 0 Å². The minimum Gasteiger partial charge on any atom is -0.120 e. The average Bonchev–Trinajstić information content (AvgIpc) is 3.30. The van der Waals surface area contributed by atoms with Crippen LogP contribution in [0.15, 0.2) is 70.7 Å². The van der Waals surface area contributed by atoms with Gasteiger partial charge in [-0.25, -0.2) is 0 Å². The fourth-order valence-electron chi connectivity index (χ4n) is 3.82. The van der Waals surface area contributed by atoms with Gasteiger partial charge in [-0.15, -0.1) is 11.5 Å². The Kier molecular flexibility index (Phi) is 4.03. The third-order valence-electron chi connectivity index (χ3n) is 5.43. The molecule has 1 aromatic rings. The summed E-state index contributed by atoms with van der Waals surface area (Å²) in [4.78, 5) is 0. The van der Waals surface area contributed by atoms with Crippen molar-refractivity contribution in [2.45, 2.75) is 46.0 Å². The normalized spacial score (nSPS) is 22.6. The van der Waals surface area contributed by atoms with Crippen molar-refractivity contribution in [2.24, 2.45) is 5.92 Å². The van der Waals surface area contributed by atoms with Gasteiger partial charge in [0.2, 0.25) is 0 Å². The summed E-state index contributed by atoms with van der Waals surface area (Å²) >= 11 is 0. The minimum absolute atomic E-state index is 0.685. The Balaban J connectivity index is 1.90. The van der Waals surface area contributed by atoms with E-state index in [4.69, 9.17) is 0 Å². The van der Waals surface area contributed by atoms with Gasteiger partial charge in [0.15, 0.2) is 0 Å². The molecule has 0 nitrogen and oxygen atoms in total. The smallest absolute Gasteiger partial charge is 0.0280 e. The van der Waals surface area contributed by atoms with Gasteiger partial charge < -0.3 is 0 Å². The van der Waals surface area contributed by atoms with Crippen LogP contribution in [0.5, 0.6) is 0 Å². The SMILES string of the molecule is C/C1=C(\C2CCC2)C(c2c(C)cccc2CC2=CC2)=C=CC=C=C1. The Bertz CT molecular complexity index is 869. The van der Waals surface area contributed by atoms with Crippen LogP contribution in [0.2, 0.25) is 0 Å². The van der Waals surface area contributed by atoms with Crippen LogP contribution in [0.3, 0.4) is 0 Å². The molecule has 0 aromatic heterocycles. The molecule has 1 fully saturated rings. The lowest BCUT2D eigenvalue weighted by Gasteiger charge is -2.31. The van der Waals surface area contributed by atoms with Crippen LogP contribution in [0.25, 0.3) is 5.57 Å². The predicted octanol–water partition coefficient (Wildman–Crippen LogP) is 6.25. The number of aryl methyl sites for hydroxylation is 1. The van der Waals surface area contributed by atoms with E-state index >= 15 is 0 Å². The van der Waals surface area contributed by atoms with Gasteiger partial charge in [-0.2, -0.15) is 0 Å². The summed E-state index contributed by atoms with van der Waals surface area (Å²) in [5, 5.41) is 0. The molecule has 0 radical (unpaired) electrons. The summed E-state index contributed by atoms with van der Waals surface area (Å²) in [7, 11) is 0. The zero-order valence-electron chi connectivity index (χ0n) is 14.7. The van der Waals surface area contributed by atoms with Crippen molar-refractivity contribution in [1.29, 1.82) is 0 Å². The van der Waals surface area contributed by atoms with Crippen LogP contribution in [0.4, 0.5) is 0 Å². The first-order valence-corrected chi connectivity index (χ1v) is 9.09. The molecule has 0 spiro atoms. The second-order valence-electron chi connectivity index (χ2n) is 7.24. The van der Waals surface area contributed by atoms with Crippen molar-refractivity contribution >= 4 is 5.57 Å². The highest BCUT2D eigenvalue weighted by Gasteiger charge is 2.28. The highest BCUT2D eigenvalue weighted by atomic mass is 14.3. The number of hydrogen-bond donors (Lipinski definition) is 0. The number of hydrogen-bond acceptors (Lipinski definition) is 0. The summed E-state index contributed by atoms with van der Waals surface area (Å²) in [5.74, 6) is 0.685. The number of allylic oxidation sites excluding steroid dienone is 6. The molecule has 0 unspecified atom stereocenters. The molecule has 1 aromatic carbocycles. The standard InChI is InChI=1S/C24H24/c1-17-8-4-3-5-13-22(23(17)20-10-7-11-20)24-18(2)9-6-12-21(24)16-19-14-15-19/h3,5-6,8-9,12,14,20H,7,10-11,15-16H2,1-2H3/b23-17-. The maximum atomic E-state index is 3.62. The lowest BCUT2D eigenvalue weighted by atomic mass is 9.72. The molecule has 24 heavy (non-hydrogen) atoms. The van der Waals surface area contributed by atoms with Crippen molar-refractivity contribution in [3.8, 4) is 0 Å². The molecule has 3 aliphatic carbocycles. The topological polar surface area (TPSA) is 0 Å². The van der Waals surface area contributed by atoms with Crippen LogP contribution in [-0.2, 0) is 6.42 Å². The molecule has 1 saturated carbocycles. The van der Waals surface area contributed by atoms with Gasteiger partial charge in [0.1, 0.15) is 0 Å². The van der Waals surface area contributed by atoms with Gasteiger partial charge in [-0.05, 0) is 91.5 Å². The largest absolute Gasteiger partial charge is 0.120 e. The van der Waals surface area contributed by atoms with Crippen molar-refractivity contribution in [1.82, 2.24) is 0 Å². The summed E-state index contributed by atoms with van der Waals surface area (Å²) < 4.78 is 0. The number of benzene rings is 1. The highest BCUT2D eigenvalue weighted by Crippen LogP contribution is 2.44. The van der Waals surface area contributed by atoms with Crippen molar-refractivity contribution in [2.75, 3.05) is 0 Å². The van der Waals surface area contributed by atoms with Crippen LogP contribution >= 0.6 is 0 Å². The summed E-state index contributed by atoms with van der Waals surface area (Å²) in [6, 6.07) is 6.74. The first kappa shape index (κ1) is 15.3. The molecule has 0 heterocycles. The van der Waals surface area contributed by atoms with E-state index in [2.05, 4.69) is 55.7 Å². The summed E-state index contributed by atoms with van der Waals surface area (Å²) in [6.07, 6.45) is 14.7. The third kappa shape index (κ3) is 2.92. The Hall–Kier alpha value is -2.26. The maximum absolute atomic E-state index is 3.62. The highest BCUT2D eigenvalue weighted by molar-refractivity contribution is 5.84. The molecule has 0 atom stereocenters. The van der Waals surface area contributed by atoms with E-state index in [1.54, 1.807) is 5.57 Å². The minimum atomic E-state index is 0.685. The van der Waals surface area contributed by atoms with Gasteiger partial charge in [-0.1, -0.05) is 36.3 Å². The molecule has 0 saturated heterocycles. The quantitative estimate of drug-likeness (QED) is 0.455. The van der Waals surface area contributed by atoms with Crippen LogP contribution in [0.1, 0.15) is 49.3 Å². The van der Waals surface area contributed by atoms with E-state index in [1.807, 2.05) is 12.2 Å². The van der Waals surface area contributed by atoms with Crippen LogP contribution in [0, 0.1) is 12.8 Å². The molecule has 0 aliphatic heterocycles. The molecule has 0 bridgehead atoms. The molecule has 4 rings (SSSR count). The lowest BCUT2D eigenvalue weighted by molar-refractivity contribution is 0.374. The second kappa shape index (κ2) is 6.33. The van der Waals surface area contributed by atoms with E-state index in [9.17, 15) is 0 Å². The fourth-order valence-corrected chi connectivity index (χ4v) is 3.82. The van der Waals surface area contributed by atoms with Crippen molar-refractivity contribution < 1.29 is 0 Å². The third-order valence-corrected chi connectivity index (χ3v) is 5.43. The fraction of sp³-hybridized carbons (Fsp3) is 0.333. The van der Waals surface area contributed by atoms with Gasteiger partial charge in [0.25, 0.3) is 0 Å². The summed E-state index contributed by atoms with van der Waals surface area (Å²) in [5.41, 5.74) is 16.9. The second-order valence-corrected chi connectivity index (χ2v) is 7.24. The van der Waals surface area contributed by atoms with Crippen molar-refractivity contribution in [3.05, 3.63) is 87.4 Å². The molecule has 120 valence electrons. The van der Waals surface area contributed by atoms with E-state index in [0.717, 1.165) is 6.42 Å². The number of rotatable bonds is 4. The predicted molar refractivity (Wildman–Crippen MR) is 102 cm³/mol. The van der Waals surface area contributed by atoms with Crippen LogP contribution in [-0.4, -0.2) is 0 Å². The van der Waals surface area contributed by atoms with E-state index in [-0.39, 0.29) is 0 Å². The van der Waals surface area contributed by atoms with E-state index < -0.39 is 0 Å². The molecular formula is C24H24. The van der Waals surface area contributed by atoms with Gasteiger partial charge in [-0.3, -0.25) is 0 Å². The Morgan fingerprint density at radius 1 is 1.12 bits per heavy atom. The van der Waals surface area contributed by atoms with Gasteiger partial charge in [0.05, 0.1) is 0 Å². The molecule has 0 amide bonds. The zero-order valence-corrected chi connectivity index (χ0v) is 14.7. The first-order valence-electron chi connectivity index (χ1n) is 9.09. The average molecular weight is 312 g/mol. The zero-order chi connectivity index (χ0) is 16.5. The Morgan fingerprint density at radius 3 is 2.67 bits per heavy atom. The first-order chi connectivity index (χ1) is 11.7. The van der Waals surface area contributed by atoms with Gasteiger partial charge >= 0.3 is 0 Å². The molecule has 3 aliphatic rings. The van der Waals surface area contributed by atoms with Crippen LogP contribution < -0.4 is 0 Å². The Morgan fingerprint density at radius 2 is 1.96 bits per heavy atom. The molecule has 0 N–H and O–H groups in total. The van der Waals surface area contributed by atoms with Gasteiger partial charge in [0, 0.05) is 5.57 Å². The Labute approximate surface area is 145 Å². The monoisotopic (exact) mass is 312 g/mol. The summed E-state index contributed by atoms with van der Waals surface area (Å²) in [6.45, 7) is 4.48. The maximum Gasteiger partial charge on any atom is 0.0280 e.